The van der Waals surface area contributed by atoms with Crippen LogP contribution >= 0.6 is 0 Å². The summed E-state index contributed by atoms with van der Waals surface area (Å²) in [6, 6.07) is 3.56. The second kappa shape index (κ2) is 4.76. The number of aromatic hydroxyl groups is 1. The minimum absolute atomic E-state index is 0.142. The number of carbonyl (C=O) groups is 1. The molecule has 1 unspecified atom stereocenters. The molecule has 0 bridgehead atoms. The van der Waals surface area contributed by atoms with Crippen molar-refractivity contribution in [3.05, 3.63) is 24.0 Å². The van der Waals surface area contributed by atoms with E-state index in [1.165, 1.54) is 12.1 Å². The lowest BCUT2D eigenvalue weighted by Crippen LogP contribution is -2.26. The van der Waals surface area contributed by atoms with Crippen molar-refractivity contribution in [3.8, 4) is 5.75 Å². The standard InChI is InChI=1S/C11H11F2NO4S/c12-8-2-1-3-9(15)11(8)14-5-7(4-10(14)16)6-19(13,17)18/h1-3,7,15H,4-6H2. The lowest BCUT2D eigenvalue weighted by molar-refractivity contribution is -0.117. The van der Waals surface area contributed by atoms with Crippen molar-refractivity contribution in [1.29, 1.82) is 0 Å². The molecule has 5 nitrogen and oxygen atoms in total. The molecule has 1 aliphatic rings. The first-order valence-corrected chi connectivity index (χ1v) is 7.03. The predicted molar refractivity (Wildman–Crippen MR) is 63.4 cm³/mol. The highest BCUT2D eigenvalue weighted by atomic mass is 32.3. The van der Waals surface area contributed by atoms with Crippen molar-refractivity contribution < 1.29 is 26.6 Å². The first kappa shape index (κ1) is 13.7. The summed E-state index contributed by atoms with van der Waals surface area (Å²) < 4.78 is 47.3. The maximum atomic E-state index is 13.6. The van der Waals surface area contributed by atoms with Gasteiger partial charge in [-0.25, -0.2) is 4.39 Å². The molecule has 0 spiro atoms. The molecule has 1 aromatic carbocycles. The van der Waals surface area contributed by atoms with Crippen LogP contribution < -0.4 is 4.90 Å². The highest BCUT2D eigenvalue weighted by molar-refractivity contribution is 7.86. The molecule has 1 N–H and O–H groups in total. The zero-order chi connectivity index (χ0) is 14.2. The Morgan fingerprint density at radius 2 is 2.11 bits per heavy atom. The van der Waals surface area contributed by atoms with Crippen LogP contribution in [0.25, 0.3) is 0 Å². The average Bonchev–Trinajstić information content (AvgIpc) is 2.56. The smallest absolute Gasteiger partial charge is 0.302 e. The van der Waals surface area contributed by atoms with Gasteiger partial charge in [-0.05, 0) is 12.1 Å². The van der Waals surface area contributed by atoms with Crippen LogP contribution in [0, 0.1) is 11.7 Å². The second-order valence-corrected chi connectivity index (χ2v) is 5.80. The Labute approximate surface area is 108 Å². The van der Waals surface area contributed by atoms with Crippen molar-refractivity contribution in [2.75, 3.05) is 17.2 Å². The molecule has 1 aliphatic heterocycles. The molecular weight excluding hydrogens is 280 g/mol. The molecule has 1 saturated heterocycles. The van der Waals surface area contributed by atoms with Crippen molar-refractivity contribution in [1.82, 2.24) is 0 Å². The first-order chi connectivity index (χ1) is 8.78. The molecule has 8 heteroatoms. The summed E-state index contributed by atoms with van der Waals surface area (Å²) in [4.78, 5) is 12.7. The number of anilines is 1. The number of amides is 1. The zero-order valence-electron chi connectivity index (χ0n) is 9.71. The van der Waals surface area contributed by atoms with Crippen LogP contribution in [0.4, 0.5) is 14.0 Å². The van der Waals surface area contributed by atoms with E-state index in [0.29, 0.717) is 0 Å². The normalized spacial score (nSPS) is 20.0. The first-order valence-electron chi connectivity index (χ1n) is 5.48. The molecule has 0 aliphatic carbocycles. The van der Waals surface area contributed by atoms with E-state index in [1.807, 2.05) is 0 Å². The molecule has 1 amide bonds. The zero-order valence-corrected chi connectivity index (χ0v) is 10.5. The molecule has 1 fully saturated rings. The maximum absolute atomic E-state index is 13.6. The van der Waals surface area contributed by atoms with Crippen LogP contribution in [-0.2, 0) is 15.0 Å². The number of phenolic OH excluding ortho intramolecular Hbond substituents is 1. The molecule has 104 valence electrons. The van der Waals surface area contributed by atoms with Crippen molar-refractivity contribution in [2.45, 2.75) is 6.42 Å². The van der Waals surface area contributed by atoms with E-state index in [9.17, 15) is 26.6 Å². The highest BCUT2D eigenvalue weighted by Gasteiger charge is 2.35. The fourth-order valence-electron chi connectivity index (χ4n) is 2.16. The van der Waals surface area contributed by atoms with E-state index < -0.39 is 39.4 Å². The lowest BCUT2D eigenvalue weighted by Gasteiger charge is -2.18. The largest absolute Gasteiger partial charge is 0.506 e. The fourth-order valence-corrected chi connectivity index (χ4v) is 2.95. The summed E-state index contributed by atoms with van der Waals surface area (Å²) in [6.07, 6.45) is -0.197. The van der Waals surface area contributed by atoms with Crippen LogP contribution in [0.5, 0.6) is 5.75 Å². The van der Waals surface area contributed by atoms with Crippen molar-refractivity contribution in [3.63, 3.8) is 0 Å². The predicted octanol–water partition coefficient (Wildman–Crippen LogP) is 1.18. The van der Waals surface area contributed by atoms with E-state index in [1.54, 1.807) is 0 Å². The minimum Gasteiger partial charge on any atom is -0.506 e. The monoisotopic (exact) mass is 291 g/mol. The number of carbonyl (C=O) groups excluding carboxylic acids is 1. The van der Waals surface area contributed by atoms with E-state index in [-0.39, 0.29) is 18.7 Å². The third-order valence-corrected chi connectivity index (χ3v) is 3.74. The maximum Gasteiger partial charge on any atom is 0.302 e. The quantitative estimate of drug-likeness (QED) is 0.849. The number of phenols is 1. The molecular formula is C11H11F2NO4S. The highest BCUT2D eigenvalue weighted by Crippen LogP contribution is 2.34. The summed E-state index contributed by atoms with van der Waals surface area (Å²) in [5.41, 5.74) is -0.300. The summed E-state index contributed by atoms with van der Waals surface area (Å²) in [7, 11) is -4.69. The van der Waals surface area contributed by atoms with Crippen LogP contribution in [0.3, 0.4) is 0 Å². The molecule has 1 aromatic rings. The van der Waals surface area contributed by atoms with Crippen LogP contribution in [0.1, 0.15) is 6.42 Å². The Hall–Kier alpha value is -1.70. The number of rotatable bonds is 3. The summed E-state index contributed by atoms with van der Waals surface area (Å²) in [5, 5.41) is 9.56. The Morgan fingerprint density at radius 1 is 1.42 bits per heavy atom. The molecule has 1 heterocycles. The van der Waals surface area contributed by atoms with Gasteiger partial charge >= 0.3 is 10.2 Å². The Kier molecular flexibility index (Phi) is 3.44. The number of hydrogen-bond acceptors (Lipinski definition) is 4. The lowest BCUT2D eigenvalue weighted by atomic mass is 10.1. The Balaban J connectivity index is 2.26. The van der Waals surface area contributed by atoms with Gasteiger partial charge in [0, 0.05) is 18.9 Å². The minimum atomic E-state index is -4.69. The van der Waals surface area contributed by atoms with Gasteiger partial charge < -0.3 is 10.0 Å². The Morgan fingerprint density at radius 3 is 2.68 bits per heavy atom. The van der Waals surface area contributed by atoms with E-state index in [2.05, 4.69) is 0 Å². The van der Waals surface area contributed by atoms with E-state index >= 15 is 0 Å². The van der Waals surface area contributed by atoms with Crippen molar-refractivity contribution in [2.24, 2.45) is 5.92 Å². The van der Waals surface area contributed by atoms with Gasteiger partial charge in [0.15, 0.2) is 5.82 Å². The second-order valence-electron chi connectivity index (χ2n) is 4.39. The van der Waals surface area contributed by atoms with Gasteiger partial charge in [0.1, 0.15) is 11.4 Å². The van der Waals surface area contributed by atoms with Gasteiger partial charge in [0.25, 0.3) is 0 Å². The summed E-state index contributed by atoms with van der Waals surface area (Å²) in [6.45, 7) is -0.142. The van der Waals surface area contributed by atoms with Gasteiger partial charge in [0.2, 0.25) is 5.91 Å². The fraction of sp³-hybridized carbons (Fsp3) is 0.364. The van der Waals surface area contributed by atoms with Crippen molar-refractivity contribution >= 4 is 21.8 Å². The van der Waals surface area contributed by atoms with Crippen LogP contribution in [0.15, 0.2) is 18.2 Å². The number of hydrogen-bond donors (Lipinski definition) is 1. The SMILES string of the molecule is O=C1CC(CS(=O)(=O)F)CN1c1c(O)cccc1F. The van der Waals surface area contributed by atoms with Gasteiger partial charge in [0.05, 0.1) is 5.75 Å². The van der Waals surface area contributed by atoms with Gasteiger partial charge in [-0.2, -0.15) is 8.42 Å². The number of nitrogens with zero attached hydrogens (tertiary/aromatic N) is 1. The molecule has 1 atom stereocenters. The Bertz CT molecular complexity index is 597. The van der Waals surface area contributed by atoms with Gasteiger partial charge in [-0.1, -0.05) is 6.07 Å². The van der Waals surface area contributed by atoms with E-state index in [0.717, 1.165) is 11.0 Å². The van der Waals surface area contributed by atoms with Gasteiger partial charge in [-0.15, -0.1) is 3.89 Å². The third kappa shape index (κ3) is 3.01. The molecule has 0 aromatic heterocycles. The number of para-hydroxylation sites is 1. The number of benzene rings is 1. The molecule has 19 heavy (non-hydrogen) atoms. The molecule has 0 saturated carbocycles. The van der Waals surface area contributed by atoms with Gasteiger partial charge in [-0.3, -0.25) is 4.79 Å². The van der Waals surface area contributed by atoms with Crippen LogP contribution in [0.2, 0.25) is 0 Å². The summed E-state index contributed by atoms with van der Waals surface area (Å²) in [5.74, 6) is -3.30. The molecule has 2 rings (SSSR count). The molecule has 0 radical (unpaired) electrons. The number of halogens is 2. The van der Waals surface area contributed by atoms with Crippen LogP contribution in [-0.4, -0.2) is 31.7 Å². The summed E-state index contributed by atoms with van der Waals surface area (Å²) >= 11 is 0. The third-order valence-electron chi connectivity index (χ3n) is 2.88. The average molecular weight is 291 g/mol. The van der Waals surface area contributed by atoms with E-state index in [4.69, 9.17) is 0 Å². The topological polar surface area (TPSA) is 74.7 Å².